The van der Waals surface area contributed by atoms with E-state index in [2.05, 4.69) is 5.32 Å². The molecule has 2 amide bonds. The van der Waals surface area contributed by atoms with Crippen molar-refractivity contribution >= 4 is 11.8 Å². The first kappa shape index (κ1) is 20.7. The highest BCUT2D eigenvalue weighted by atomic mass is 16.5. The van der Waals surface area contributed by atoms with E-state index in [0.29, 0.717) is 35.7 Å². The van der Waals surface area contributed by atoms with Gasteiger partial charge in [0, 0.05) is 29.8 Å². The molecule has 0 unspecified atom stereocenters. The van der Waals surface area contributed by atoms with Crippen molar-refractivity contribution < 1.29 is 19.1 Å². The van der Waals surface area contributed by atoms with Gasteiger partial charge in [0.25, 0.3) is 11.8 Å². The lowest BCUT2D eigenvalue weighted by Gasteiger charge is -2.30. The molecule has 1 aliphatic heterocycles. The fourth-order valence-corrected chi connectivity index (χ4v) is 3.45. The molecule has 154 valence electrons. The predicted molar refractivity (Wildman–Crippen MR) is 112 cm³/mol. The summed E-state index contributed by atoms with van der Waals surface area (Å²) in [4.78, 5) is 27.3. The van der Waals surface area contributed by atoms with Gasteiger partial charge in [0.1, 0.15) is 0 Å². The van der Waals surface area contributed by atoms with Crippen molar-refractivity contribution in [2.45, 2.75) is 39.3 Å². The molecule has 0 saturated carbocycles. The third-order valence-corrected chi connectivity index (χ3v) is 4.87. The Morgan fingerprint density at radius 2 is 1.59 bits per heavy atom. The van der Waals surface area contributed by atoms with Crippen molar-refractivity contribution in [2.75, 3.05) is 20.8 Å². The van der Waals surface area contributed by atoms with Crippen LogP contribution in [0.5, 0.6) is 11.5 Å². The SMILES string of the molecule is COc1cc2c(cc1OC)CN(C(=O)c1cccc(C(=O)NC(C)(C)C)c1)CC2. The third-order valence-electron chi connectivity index (χ3n) is 4.87. The molecule has 0 aromatic heterocycles. The second-order valence-corrected chi connectivity index (χ2v) is 8.24. The Kier molecular flexibility index (Phi) is 5.82. The molecule has 0 saturated heterocycles. The lowest BCUT2D eigenvalue weighted by atomic mass is 9.98. The van der Waals surface area contributed by atoms with E-state index in [0.717, 1.165) is 17.5 Å². The van der Waals surface area contributed by atoms with Crippen molar-refractivity contribution in [3.8, 4) is 11.5 Å². The number of carbonyl (C=O) groups excluding carboxylic acids is 2. The fraction of sp³-hybridized carbons (Fsp3) is 0.391. The van der Waals surface area contributed by atoms with Crippen molar-refractivity contribution in [3.63, 3.8) is 0 Å². The Balaban J connectivity index is 1.80. The Morgan fingerprint density at radius 3 is 2.21 bits per heavy atom. The maximum atomic E-state index is 13.1. The van der Waals surface area contributed by atoms with Crippen LogP contribution in [0.3, 0.4) is 0 Å². The first-order chi connectivity index (χ1) is 13.7. The molecule has 0 spiro atoms. The van der Waals surface area contributed by atoms with Crippen molar-refractivity contribution in [1.29, 1.82) is 0 Å². The molecular formula is C23H28N2O4. The van der Waals surface area contributed by atoms with Crippen LogP contribution in [0.1, 0.15) is 52.6 Å². The average molecular weight is 396 g/mol. The molecule has 6 heteroatoms. The molecule has 3 rings (SSSR count). The summed E-state index contributed by atoms with van der Waals surface area (Å²) in [6.45, 7) is 6.88. The smallest absolute Gasteiger partial charge is 0.254 e. The quantitative estimate of drug-likeness (QED) is 0.860. The van der Waals surface area contributed by atoms with Crippen LogP contribution in [0.25, 0.3) is 0 Å². The molecule has 1 aliphatic rings. The summed E-state index contributed by atoms with van der Waals surface area (Å²) < 4.78 is 10.8. The fourth-order valence-electron chi connectivity index (χ4n) is 3.45. The van der Waals surface area contributed by atoms with Crippen LogP contribution in [-0.4, -0.2) is 43.0 Å². The number of nitrogens with one attached hydrogen (secondary N) is 1. The Morgan fingerprint density at radius 1 is 0.966 bits per heavy atom. The highest BCUT2D eigenvalue weighted by Gasteiger charge is 2.24. The molecule has 6 nitrogen and oxygen atoms in total. The van der Waals surface area contributed by atoms with Gasteiger partial charge in [-0.25, -0.2) is 0 Å². The first-order valence-corrected chi connectivity index (χ1v) is 9.67. The third kappa shape index (κ3) is 4.70. The second kappa shape index (κ2) is 8.15. The van der Waals surface area contributed by atoms with E-state index in [4.69, 9.17) is 9.47 Å². The van der Waals surface area contributed by atoms with E-state index < -0.39 is 0 Å². The van der Waals surface area contributed by atoms with Gasteiger partial charge in [-0.3, -0.25) is 9.59 Å². The van der Waals surface area contributed by atoms with Gasteiger partial charge in [0.05, 0.1) is 14.2 Å². The summed E-state index contributed by atoms with van der Waals surface area (Å²) >= 11 is 0. The van der Waals surface area contributed by atoms with Gasteiger partial charge in [-0.2, -0.15) is 0 Å². The van der Waals surface area contributed by atoms with Gasteiger partial charge < -0.3 is 19.7 Å². The first-order valence-electron chi connectivity index (χ1n) is 9.67. The topological polar surface area (TPSA) is 67.9 Å². The number of hydrogen-bond acceptors (Lipinski definition) is 4. The Bertz CT molecular complexity index is 931. The van der Waals surface area contributed by atoms with Crippen LogP contribution < -0.4 is 14.8 Å². The van der Waals surface area contributed by atoms with Gasteiger partial charge in [0.15, 0.2) is 11.5 Å². The van der Waals surface area contributed by atoms with Crippen LogP contribution in [0.15, 0.2) is 36.4 Å². The average Bonchev–Trinajstić information content (AvgIpc) is 2.70. The van der Waals surface area contributed by atoms with Gasteiger partial charge in [0.2, 0.25) is 0 Å². The number of hydrogen-bond donors (Lipinski definition) is 1. The Labute approximate surface area is 171 Å². The highest BCUT2D eigenvalue weighted by molar-refractivity contribution is 6.00. The van der Waals surface area contributed by atoms with E-state index in [1.807, 2.05) is 32.9 Å². The number of carbonyl (C=O) groups is 2. The number of fused-ring (bicyclic) bond motifs is 1. The van der Waals surface area contributed by atoms with E-state index in [1.165, 1.54) is 0 Å². The zero-order valence-corrected chi connectivity index (χ0v) is 17.7. The number of nitrogens with zero attached hydrogens (tertiary/aromatic N) is 1. The Hall–Kier alpha value is -3.02. The molecule has 0 bridgehead atoms. The lowest BCUT2D eigenvalue weighted by Crippen LogP contribution is -2.40. The molecule has 29 heavy (non-hydrogen) atoms. The summed E-state index contributed by atoms with van der Waals surface area (Å²) in [5.41, 5.74) is 2.85. The largest absolute Gasteiger partial charge is 0.493 e. The van der Waals surface area contributed by atoms with Crippen LogP contribution >= 0.6 is 0 Å². The number of amides is 2. The van der Waals surface area contributed by atoms with Crippen LogP contribution in [0.2, 0.25) is 0 Å². The normalized spacial score (nSPS) is 13.5. The number of rotatable bonds is 4. The molecular weight excluding hydrogens is 368 g/mol. The number of ether oxygens (including phenoxy) is 2. The van der Waals surface area contributed by atoms with E-state index in [9.17, 15) is 9.59 Å². The summed E-state index contributed by atoms with van der Waals surface area (Å²) in [5, 5.41) is 2.93. The molecule has 0 aliphatic carbocycles. The minimum Gasteiger partial charge on any atom is -0.493 e. The van der Waals surface area contributed by atoms with Crippen LogP contribution in [-0.2, 0) is 13.0 Å². The van der Waals surface area contributed by atoms with E-state index in [1.54, 1.807) is 43.4 Å². The summed E-state index contributed by atoms with van der Waals surface area (Å²) in [5.74, 6) is 1.08. The molecule has 0 atom stereocenters. The standard InChI is InChI=1S/C23H28N2O4/c1-23(2,3)24-21(26)16-7-6-8-17(11-16)22(27)25-10-9-15-12-19(28-4)20(29-5)13-18(15)14-25/h6-8,11-13H,9-10,14H2,1-5H3,(H,24,26). The van der Waals surface area contributed by atoms with Gasteiger partial charge in [-0.05, 0) is 68.7 Å². The molecule has 0 fully saturated rings. The van der Waals surface area contributed by atoms with Gasteiger partial charge >= 0.3 is 0 Å². The van der Waals surface area contributed by atoms with Gasteiger partial charge in [-0.15, -0.1) is 0 Å². The van der Waals surface area contributed by atoms with Crippen molar-refractivity contribution in [1.82, 2.24) is 10.2 Å². The second-order valence-electron chi connectivity index (χ2n) is 8.24. The molecule has 1 heterocycles. The zero-order valence-electron chi connectivity index (χ0n) is 17.7. The van der Waals surface area contributed by atoms with E-state index >= 15 is 0 Å². The molecule has 0 radical (unpaired) electrons. The monoisotopic (exact) mass is 396 g/mol. The highest BCUT2D eigenvalue weighted by Crippen LogP contribution is 2.33. The van der Waals surface area contributed by atoms with E-state index in [-0.39, 0.29) is 17.4 Å². The minimum atomic E-state index is -0.339. The molecule has 2 aromatic carbocycles. The maximum Gasteiger partial charge on any atom is 0.254 e. The van der Waals surface area contributed by atoms with Crippen LogP contribution in [0.4, 0.5) is 0 Å². The minimum absolute atomic E-state index is 0.0872. The molecule has 2 aromatic rings. The predicted octanol–water partition coefficient (Wildman–Crippen LogP) is 3.43. The summed E-state index contributed by atoms with van der Waals surface area (Å²) in [7, 11) is 3.22. The van der Waals surface area contributed by atoms with Crippen molar-refractivity contribution in [2.24, 2.45) is 0 Å². The maximum absolute atomic E-state index is 13.1. The van der Waals surface area contributed by atoms with Gasteiger partial charge in [-0.1, -0.05) is 6.07 Å². The van der Waals surface area contributed by atoms with Crippen molar-refractivity contribution in [3.05, 3.63) is 58.7 Å². The summed E-state index contributed by atoms with van der Waals surface area (Å²) in [6, 6.07) is 10.8. The zero-order chi connectivity index (χ0) is 21.2. The number of benzene rings is 2. The molecule has 1 N–H and O–H groups in total. The number of methoxy groups -OCH3 is 2. The lowest BCUT2D eigenvalue weighted by molar-refractivity contribution is 0.0734. The summed E-state index contributed by atoms with van der Waals surface area (Å²) in [6.07, 6.45) is 0.742. The van der Waals surface area contributed by atoms with Crippen LogP contribution in [0, 0.1) is 0 Å².